The van der Waals surface area contributed by atoms with Gasteiger partial charge in [0.2, 0.25) is 11.8 Å². The van der Waals surface area contributed by atoms with Crippen molar-refractivity contribution in [3.8, 4) is 0 Å². The van der Waals surface area contributed by atoms with Crippen LogP contribution in [0.2, 0.25) is 0 Å². The Balaban J connectivity index is 0.00000225. The summed E-state index contributed by atoms with van der Waals surface area (Å²) in [5, 5.41) is 5.17. The van der Waals surface area contributed by atoms with Gasteiger partial charge in [0, 0.05) is 19.5 Å². The van der Waals surface area contributed by atoms with Crippen molar-refractivity contribution >= 4 is 28.9 Å². The summed E-state index contributed by atoms with van der Waals surface area (Å²) in [6.07, 6.45) is 0. The van der Waals surface area contributed by atoms with Gasteiger partial charge in [0.25, 0.3) is 0 Å². The molecule has 0 saturated heterocycles. The third-order valence-corrected chi connectivity index (χ3v) is 1.68. The molecular weight excluding hydrogens is 230 g/mol. The highest BCUT2D eigenvalue weighted by Gasteiger charge is 2.02. The van der Waals surface area contributed by atoms with Crippen LogP contribution in [0, 0.1) is 0 Å². The standard InChI is InChI=1S/C10H13N3O2.ClH/c1-6(14)12-8-3-4-10(9(11)5-8)13-7(2)15;/h3-5H,11H2,1-2H3,(H,12,14)(H,13,15);1H/p-1. The Kier molecular flexibility index (Phi) is 5.32. The van der Waals surface area contributed by atoms with E-state index >= 15 is 0 Å². The van der Waals surface area contributed by atoms with E-state index in [0.29, 0.717) is 17.1 Å². The van der Waals surface area contributed by atoms with Crippen molar-refractivity contribution in [3.05, 3.63) is 18.2 Å². The van der Waals surface area contributed by atoms with Crippen LogP contribution < -0.4 is 28.8 Å². The molecule has 4 N–H and O–H groups in total. The minimum Gasteiger partial charge on any atom is -1.00 e. The first kappa shape index (κ1) is 14.2. The van der Waals surface area contributed by atoms with Crippen LogP contribution in [0.15, 0.2) is 18.2 Å². The fourth-order valence-corrected chi connectivity index (χ4v) is 1.15. The van der Waals surface area contributed by atoms with Crippen molar-refractivity contribution in [3.63, 3.8) is 0 Å². The number of carbonyl (C=O) groups is 2. The number of hydrogen-bond acceptors (Lipinski definition) is 3. The van der Waals surface area contributed by atoms with Gasteiger partial charge in [-0.3, -0.25) is 9.59 Å². The molecule has 2 amide bonds. The van der Waals surface area contributed by atoms with E-state index in [1.165, 1.54) is 13.8 Å². The van der Waals surface area contributed by atoms with Crippen LogP contribution in [0.3, 0.4) is 0 Å². The van der Waals surface area contributed by atoms with Gasteiger partial charge in [-0.05, 0) is 18.2 Å². The number of hydrogen-bond donors (Lipinski definition) is 3. The highest BCUT2D eigenvalue weighted by Crippen LogP contribution is 2.22. The molecule has 0 fully saturated rings. The second kappa shape index (κ2) is 5.97. The third kappa shape index (κ3) is 4.18. The molecule has 0 bridgehead atoms. The van der Waals surface area contributed by atoms with Crippen LogP contribution in [0.4, 0.5) is 17.1 Å². The number of anilines is 3. The van der Waals surface area contributed by atoms with Gasteiger partial charge in [-0.25, -0.2) is 0 Å². The maximum atomic E-state index is 10.8. The second-order valence-corrected chi connectivity index (χ2v) is 3.16. The molecular formula is C10H13ClN3O2-. The maximum absolute atomic E-state index is 10.8. The summed E-state index contributed by atoms with van der Waals surface area (Å²) in [5.74, 6) is -0.351. The minimum absolute atomic E-state index is 0. The second-order valence-electron chi connectivity index (χ2n) is 3.16. The SMILES string of the molecule is CC(=O)Nc1ccc(NC(C)=O)c(N)c1.[Cl-]. The van der Waals surface area contributed by atoms with Crippen LogP contribution >= 0.6 is 0 Å². The zero-order chi connectivity index (χ0) is 11.4. The first-order valence-corrected chi connectivity index (χ1v) is 4.43. The maximum Gasteiger partial charge on any atom is 0.221 e. The van der Waals surface area contributed by atoms with Gasteiger partial charge in [-0.2, -0.15) is 0 Å². The normalized spacial score (nSPS) is 8.88. The predicted molar refractivity (Wildman–Crippen MR) is 59.5 cm³/mol. The van der Waals surface area contributed by atoms with E-state index in [0.717, 1.165) is 0 Å². The largest absolute Gasteiger partial charge is 1.00 e. The molecule has 1 rings (SSSR count). The summed E-state index contributed by atoms with van der Waals surface area (Å²) in [5.41, 5.74) is 7.24. The van der Waals surface area contributed by atoms with Crippen LogP contribution in [0.25, 0.3) is 0 Å². The van der Waals surface area contributed by atoms with E-state index in [9.17, 15) is 9.59 Å². The average molecular weight is 243 g/mol. The third-order valence-electron chi connectivity index (χ3n) is 1.68. The number of nitrogens with two attached hydrogens (primary N) is 1. The summed E-state index contributed by atoms with van der Waals surface area (Å²) in [4.78, 5) is 21.6. The van der Waals surface area contributed by atoms with Crippen LogP contribution in [0.5, 0.6) is 0 Å². The van der Waals surface area contributed by atoms with Crippen molar-refractivity contribution in [2.24, 2.45) is 0 Å². The van der Waals surface area contributed by atoms with Gasteiger partial charge in [0.05, 0.1) is 11.4 Å². The molecule has 0 aliphatic rings. The van der Waals surface area contributed by atoms with Crippen molar-refractivity contribution < 1.29 is 22.0 Å². The van der Waals surface area contributed by atoms with Gasteiger partial charge >= 0.3 is 0 Å². The summed E-state index contributed by atoms with van der Waals surface area (Å²) in [7, 11) is 0. The highest BCUT2D eigenvalue weighted by molar-refractivity contribution is 5.94. The number of halogens is 1. The van der Waals surface area contributed by atoms with Crippen molar-refractivity contribution in [1.29, 1.82) is 0 Å². The Bertz CT molecular complexity index is 407. The van der Waals surface area contributed by atoms with Crippen LogP contribution in [-0.2, 0) is 9.59 Å². The molecule has 88 valence electrons. The molecule has 0 aromatic heterocycles. The Morgan fingerprint density at radius 2 is 1.69 bits per heavy atom. The summed E-state index contributed by atoms with van der Waals surface area (Å²) < 4.78 is 0. The minimum atomic E-state index is -0.186. The van der Waals surface area contributed by atoms with Gasteiger partial charge in [-0.15, -0.1) is 0 Å². The quantitative estimate of drug-likeness (QED) is 0.535. The molecule has 0 aliphatic heterocycles. The van der Waals surface area contributed by atoms with E-state index in [2.05, 4.69) is 10.6 Å². The molecule has 0 radical (unpaired) electrons. The molecule has 0 heterocycles. The average Bonchev–Trinajstić information content (AvgIpc) is 2.08. The van der Waals surface area contributed by atoms with Crippen LogP contribution in [0.1, 0.15) is 13.8 Å². The summed E-state index contributed by atoms with van der Waals surface area (Å²) in [6.45, 7) is 2.82. The number of nitrogen functional groups attached to an aromatic ring is 1. The number of rotatable bonds is 2. The monoisotopic (exact) mass is 242 g/mol. The van der Waals surface area contributed by atoms with Crippen molar-refractivity contribution in [2.75, 3.05) is 16.4 Å². The number of carbonyl (C=O) groups excluding carboxylic acids is 2. The summed E-state index contributed by atoms with van der Waals surface area (Å²) in [6, 6.07) is 4.90. The lowest BCUT2D eigenvalue weighted by molar-refractivity contribution is -0.115. The predicted octanol–water partition coefficient (Wildman–Crippen LogP) is -1.81. The first-order chi connectivity index (χ1) is 6.99. The summed E-state index contributed by atoms with van der Waals surface area (Å²) >= 11 is 0. The molecule has 5 nitrogen and oxygen atoms in total. The zero-order valence-electron chi connectivity index (χ0n) is 9.00. The topological polar surface area (TPSA) is 84.2 Å². The molecule has 0 saturated carbocycles. The fraction of sp³-hybridized carbons (Fsp3) is 0.200. The Hall–Kier alpha value is -1.75. The Labute approximate surface area is 99.8 Å². The Morgan fingerprint density at radius 3 is 2.12 bits per heavy atom. The van der Waals surface area contributed by atoms with E-state index in [1.807, 2.05) is 0 Å². The van der Waals surface area contributed by atoms with Crippen LogP contribution in [-0.4, -0.2) is 11.8 Å². The molecule has 6 heteroatoms. The molecule has 1 aromatic carbocycles. The van der Waals surface area contributed by atoms with E-state index in [-0.39, 0.29) is 24.2 Å². The van der Waals surface area contributed by atoms with Crippen molar-refractivity contribution in [1.82, 2.24) is 0 Å². The molecule has 1 aromatic rings. The smallest absolute Gasteiger partial charge is 0.221 e. The molecule has 0 unspecified atom stereocenters. The lowest BCUT2D eigenvalue weighted by Crippen LogP contribution is -3.00. The molecule has 0 spiro atoms. The first-order valence-electron chi connectivity index (χ1n) is 4.43. The zero-order valence-corrected chi connectivity index (χ0v) is 9.76. The molecule has 0 aliphatic carbocycles. The van der Waals surface area contributed by atoms with Gasteiger partial charge < -0.3 is 28.8 Å². The van der Waals surface area contributed by atoms with Gasteiger partial charge in [-0.1, -0.05) is 0 Å². The van der Waals surface area contributed by atoms with Gasteiger partial charge in [0.1, 0.15) is 0 Å². The molecule has 0 atom stereocenters. The van der Waals surface area contributed by atoms with E-state index in [1.54, 1.807) is 18.2 Å². The number of nitrogens with one attached hydrogen (secondary N) is 2. The molecule has 16 heavy (non-hydrogen) atoms. The lowest BCUT2D eigenvalue weighted by Gasteiger charge is -2.08. The van der Waals surface area contributed by atoms with E-state index in [4.69, 9.17) is 5.73 Å². The van der Waals surface area contributed by atoms with Crippen molar-refractivity contribution in [2.45, 2.75) is 13.8 Å². The van der Waals surface area contributed by atoms with Gasteiger partial charge in [0.15, 0.2) is 0 Å². The van der Waals surface area contributed by atoms with E-state index < -0.39 is 0 Å². The fourth-order valence-electron chi connectivity index (χ4n) is 1.15. The Morgan fingerprint density at radius 1 is 1.12 bits per heavy atom. The highest BCUT2D eigenvalue weighted by atomic mass is 35.5. The lowest BCUT2D eigenvalue weighted by atomic mass is 10.2. The number of amides is 2. The number of benzene rings is 1.